The van der Waals surface area contributed by atoms with E-state index >= 15 is 0 Å². The molecule has 11 heteroatoms. The molecule has 3 N–H and O–H groups in total. The van der Waals surface area contributed by atoms with Crippen molar-refractivity contribution in [2.45, 2.75) is 19.4 Å². The number of ether oxygens (including phenoxy) is 2. The first kappa shape index (κ1) is 21.6. The van der Waals surface area contributed by atoms with Crippen LogP contribution in [0.3, 0.4) is 0 Å². The molecule has 2 aromatic carbocycles. The van der Waals surface area contributed by atoms with Gasteiger partial charge in [0.25, 0.3) is 5.91 Å². The van der Waals surface area contributed by atoms with Gasteiger partial charge >= 0.3 is 6.01 Å². The average Bonchev–Trinajstić information content (AvgIpc) is 3.20. The summed E-state index contributed by atoms with van der Waals surface area (Å²) in [7, 11) is 1.39. The minimum atomic E-state index is -0.825. The van der Waals surface area contributed by atoms with Gasteiger partial charge in [0, 0.05) is 12.6 Å². The van der Waals surface area contributed by atoms with Crippen LogP contribution in [0.4, 0.5) is 14.6 Å². The van der Waals surface area contributed by atoms with Crippen LogP contribution in [0.25, 0.3) is 17.0 Å². The predicted molar refractivity (Wildman–Crippen MR) is 119 cm³/mol. The molecule has 0 fully saturated rings. The molecule has 0 spiro atoms. The molecular weight excluding hydrogens is 446 g/mol. The van der Waals surface area contributed by atoms with E-state index in [0.29, 0.717) is 35.9 Å². The van der Waals surface area contributed by atoms with Crippen LogP contribution >= 0.6 is 0 Å². The molecule has 174 valence electrons. The van der Waals surface area contributed by atoms with Gasteiger partial charge in [-0.1, -0.05) is 12.1 Å². The fourth-order valence-corrected chi connectivity index (χ4v) is 3.91. The SMILES string of the molecule is COc1nc2c(C(N)=O)cc(F)cc2n1-c1nc2c(c(NCc3cccc(F)c3)n1)OCCC2. The molecule has 4 aromatic rings. The smallest absolute Gasteiger partial charge is 0.304 e. The fraction of sp³-hybridized carbons (Fsp3) is 0.217. The highest BCUT2D eigenvalue weighted by atomic mass is 19.1. The van der Waals surface area contributed by atoms with Crippen molar-refractivity contribution in [1.82, 2.24) is 19.5 Å². The summed E-state index contributed by atoms with van der Waals surface area (Å²) < 4.78 is 40.6. The number of nitrogens with two attached hydrogens (primary N) is 1. The number of amides is 1. The quantitative estimate of drug-likeness (QED) is 0.448. The van der Waals surface area contributed by atoms with Crippen LogP contribution in [-0.2, 0) is 13.0 Å². The van der Waals surface area contributed by atoms with E-state index in [1.54, 1.807) is 12.1 Å². The van der Waals surface area contributed by atoms with Gasteiger partial charge in [-0.05, 0) is 36.6 Å². The summed E-state index contributed by atoms with van der Waals surface area (Å²) in [6, 6.07) is 8.47. The number of primary amides is 1. The number of aryl methyl sites for hydroxylation is 1. The standard InChI is InChI=1S/C23H20F2N6O3/c1-33-23-29-18-15(20(26)32)9-14(25)10-17(18)31(23)22-28-16-6-3-7-34-19(16)21(30-22)27-11-12-4-2-5-13(24)8-12/h2,4-5,8-10H,3,6-7,11H2,1H3,(H2,26,32)(H,27,28,30). The molecule has 0 aliphatic carbocycles. The van der Waals surface area contributed by atoms with E-state index in [-0.39, 0.29) is 40.9 Å². The van der Waals surface area contributed by atoms with Gasteiger partial charge in [0.1, 0.15) is 17.2 Å². The molecule has 9 nitrogen and oxygen atoms in total. The van der Waals surface area contributed by atoms with E-state index in [4.69, 9.17) is 15.2 Å². The van der Waals surface area contributed by atoms with Gasteiger partial charge < -0.3 is 20.5 Å². The first-order valence-corrected chi connectivity index (χ1v) is 10.5. The van der Waals surface area contributed by atoms with Gasteiger partial charge in [0.05, 0.1) is 30.5 Å². The van der Waals surface area contributed by atoms with Gasteiger partial charge in [-0.2, -0.15) is 9.97 Å². The largest absolute Gasteiger partial charge is 0.488 e. The lowest BCUT2D eigenvalue weighted by atomic mass is 10.1. The summed E-state index contributed by atoms with van der Waals surface area (Å²) in [4.78, 5) is 25.4. The minimum absolute atomic E-state index is 0.0517. The van der Waals surface area contributed by atoms with E-state index in [1.807, 2.05) is 0 Å². The van der Waals surface area contributed by atoms with Crippen molar-refractivity contribution in [1.29, 1.82) is 0 Å². The predicted octanol–water partition coefficient (Wildman–Crippen LogP) is 3.14. The Morgan fingerprint density at radius 1 is 1.21 bits per heavy atom. The summed E-state index contributed by atoms with van der Waals surface area (Å²) >= 11 is 0. The Labute approximate surface area is 192 Å². The van der Waals surface area contributed by atoms with Crippen LogP contribution in [0.1, 0.15) is 28.0 Å². The number of fused-ring (bicyclic) bond motifs is 2. The van der Waals surface area contributed by atoms with Crippen molar-refractivity contribution in [2.75, 3.05) is 19.0 Å². The zero-order valence-electron chi connectivity index (χ0n) is 18.1. The Morgan fingerprint density at radius 2 is 2.06 bits per heavy atom. The third kappa shape index (κ3) is 3.85. The summed E-state index contributed by atoms with van der Waals surface area (Å²) in [5.74, 6) is -0.808. The maximum absolute atomic E-state index is 14.4. The molecule has 2 aromatic heterocycles. The summed E-state index contributed by atoms with van der Waals surface area (Å²) in [6.45, 7) is 0.793. The highest BCUT2D eigenvalue weighted by Crippen LogP contribution is 2.34. The first-order valence-electron chi connectivity index (χ1n) is 10.5. The van der Waals surface area contributed by atoms with Crippen LogP contribution in [0.5, 0.6) is 11.8 Å². The van der Waals surface area contributed by atoms with Crippen molar-refractivity contribution in [3.05, 3.63) is 64.9 Å². The Morgan fingerprint density at radius 3 is 2.82 bits per heavy atom. The van der Waals surface area contributed by atoms with Gasteiger partial charge in [0.2, 0.25) is 5.95 Å². The maximum Gasteiger partial charge on any atom is 0.304 e. The van der Waals surface area contributed by atoms with Crippen LogP contribution in [0.15, 0.2) is 36.4 Å². The summed E-state index contributed by atoms with van der Waals surface area (Å²) in [5, 5.41) is 3.18. The van der Waals surface area contributed by atoms with Crippen molar-refractivity contribution >= 4 is 22.8 Å². The van der Waals surface area contributed by atoms with Crippen molar-refractivity contribution in [3.63, 3.8) is 0 Å². The highest BCUT2D eigenvalue weighted by Gasteiger charge is 2.25. The van der Waals surface area contributed by atoms with E-state index in [9.17, 15) is 13.6 Å². The lowest BCUT2D eigenvalue weighted by Crippen LogP contribution is -2.17. The van der Waals surface area contributed by atoms with Crippen molar-refractivity contribution in [2.24, 2.45) is 5.73 Å². The lowest BCUT2D eigenvalue weighted by Gasteiger charge is -2.21. The lowest BCUT2D eigenvalue weighted by molar-refractivity contribution is 0.100. The van der Waals surface area contributed by atoms with Crippen LogP contribution in [0.2, 0.25) is 0 Å². The molecule has 0 unspecified atom stereocenters. The zero-order chi connectivity index (χ0) is 23.8. The number of imidazole rings is 1. The molecule has 0 radical (unpaired) electrons. The number of carbonyl (C=O) groups is 1. The number of carbonyl (C=O) groups excluding carboxylic acids is 1. The Bertz CT molecular complexity index is 1420. The van der Waals surface area contributed by atoms with E-state index < -0.39 is 11.7 Å². The third-order valence-corrected chi connectivity index (χ3v) is 5.42. The number of anilines is 1. The number of halogens is 2. The topological polar surface area (TPSA) is 117 Å². The molecule has 0 saturated carbocycles. The van der Waals surface area contributed by atoms with Gasteiger partial charge in [-0.15, -0.1) is 0 Å². The molecule has 34 heavy (non-hydrogen) atoms. The molecular formula is C23H20F2N6O3. The molecule has 0 atom stereocenters. The second-order valence-corrected chi connectivity index (χ2v) is 7.70. The first-order chi connectivity index (χ1) is 16.4. The Kier molecular flexibility index (Phi) is 5.44. The molecule has 1 amide bonds. The summed E-state index contributed by atoms with van der Waals surface area (Å²) in [6.07, 6.45) is 1.39. The second kappa shape index (κ2) is 8.58. The number of benzene rings is 2. The third-order valence-electron chi connectivity index (χ3n) is 5.42. The molecule has 0 saturated heterocycles. The molecule has 1 aliphatic rings. The number of hydrogen-bond donors (Lipinski definition) is 2. The van der Waals surface area contributed by atoms with Crippen molar-refractivity contribution in [3.8, 4) is 17.7 Å². The van der Waals surface area contributed by atoms with E-state index in [1.165, 1.54) is 29.9 Å². The van der Waals surface area contributed by atoms with Gasteiger partial charge in [-0.3, -0.25) is 4.79 Å². The number of nitrogens with one attached hydrogen (secondary N) is 1. The van der Waals surface area contributed by atoms with Crippen LogP contribution < -0.4 is 20.5 Å². The van der Waals surface area contributed by atoms with Crippen LogP contribution in [0, 0.1) is 11.6 Å². The number of hydrogen-bond acceptors (Lipinski definition) is 7. The van der Waals surface area contributed by atoms with Gasteiger partial charge in [0.15, 0.2) is 11.6 Å². The number of aromatic nitrogens is 4. The zero-order valence-corrected chi connectivity index (χ0v) is 18.1. The molecule has 0 bridgehead atoms. The maximum atomic E-state index is 14.4. The average molecular weight is 466 g/mol. The highest BCUT2D eigenvalue weighted by molar-refractivity contribution is 6.04. The number of methoxy groups -OCH3 is 1. The Balaban J connectivity index is 1.65. The monoisotopic (exact) mass is 466 g/mol. The number of rotatable bonds is 6. The normalized spacial score (nSPS) is 12.8. The van der Waals surface area contributed by atoms with Gasteiger partial charge in [-0.25, -0.2) is 18.3 Å². The molecule has 3 heterocycles. The molecule has 5 rings (SSSR count). The second-order valence-electron chi connectivity index (χ2n) is 7.70. The van der Waals surface area contributed by atoms with E-state index in [2.05, 4.69) is 20.3 Å². The number of nitrogens with zero attached hydrogens (tertiary/aromatic N) is 4. The van der Waals surface area contributed by atoms with Crippen LogP contribution in [-0.4, -0.2) is 39.1 Å². The Hall–Kier alpha value is -4.28. The van der Waals surface area contributed by atoms with E-state index in [0.717, 1.165) is 12.5 Å². The summed E-state index contributed by atoms with van der Waals surface area (Å²) in [5.41, 5.74) is 7.09. The van der Waals surface area contributed by atoms with Crippen molar-refractivity contribution < 1.29 is 23.0 Å². The minimum Gasteiger partial charge on any atom is -0.488 e. The molecule has 1 aliphatic heterocycles. The fourth-order valence-electron chi connectivity index (χ4n) is 3.91.